The van der Waals surface area contributed by atoms with Gasteiger partial charge in [-0.15, -0.1) is 0 Å². The Hall–Kier alpha value is -2.54. The lowest BCUT2D eigenvalue weighted by Gasteiger charge is -2.25. The minimum atomic E-state index is -3.81. The number of rotatable bonds is 7. The molecule has 7 heteroatoms. The topological polar surface area (TPSA) is 75.7 Å². The number of nitrogens with one attached hydrogen (secondary N) is 1. The molecule has 0 heterocycles. The van der Waals surface area contributed by atoms with Crippen molar-refractivity contribution in [3.05, 3.63) is 53.6 Å². The first-order valence-electron chi connectivity index (χ1n) is 8.24. The molecule has 0 spiro atoms. The van der Waals surface area contributed by atoms with Gasteiger partial charge in [0.05, 0.1) is 17.7 Å². The van der Waals surface area contributed by atoms with Crippen LogP contribution in [-0.4, -0.2) is 35.0 Å². The van der Waals surface area contributed by atoms with Crippen LogP contribution >= 0.6 is 0 Å². The Kier molecular flexibility index (Phi) is 6.26. The van der Waals surface area contributed by atoms with E-state index in [1.54, 1.807) is 50.4 Å². The van der Waals surface area contributed by atoms with Gasteiger partial charge in [0.2, 0.25) is 5.91 Å². The summed E-state index contributed by atoms with van der Waals surface area (Å²) in [6, 6.07) is 11.9. The van der Waals surface area contributed by atoms with Crippen LogP contribution in [0.4, 0.5) is 5.69 Å². The van der Waals surface area contributed by atoms with E-state index in [9.17, 15) is 13.2 Å². The van der Waals surface area contributed by atoms with E-state index in [4.69, 9.17) is 4.74 Å². The summed E-state index contributed by atoms with van der Waals surface area (Å²) < 4.78 is 33.0. The van der Waals surface area contributed by atoms with E-state index in [1.165, 1.54) is 11.4 Å². The molecule has 2 rings (SSSR count). The van der Waals surface area contributed by atoms with Crippen LogP contribution in [0.15, 0.2) is 47.4 Å². The van der Waals surface area contributed by atoms with E-state index in [0.29, 0.717) is 17.0 Å². The number of aryl methyl sites for hydroxylation is 2. The third-order valence-electron chi connectivity index (χ3n) is 4.08. The van der Waals surface area contributed by atoms with E-state index < -0.39 is 10.0 Å². The van der Waals surface area contributed by atoms with Gasteiger partial charge in [0.15, 0.2) is 0 Å². The highest BCUT2D eigenvalue weighted by Crippen LogP contribution is 2.28. The molecule has 6 nitrogen and oxygen atoms in total. The van der Waals surface area contributed by atoms with Gasteiger partial charge >= 0.3 is 0 Å². The minimum absolute atomic E-state index is 0.0433. The maximum absolute atomic E-state index is 13.3. The Labute approximate surface area is 154 Å². The molecule has 2 aromatic carbocycles. The third kappa shape index (κ3) is 4.35. The van der Waals surface area contributed by atoms with Gasteiger partial charge < -0.3 is 10.1 Å². The number of carbonyl (C=O) groups excluding carboxylic acids is 1. The predicted octanol–water partition coefficient (Wildman–Crippen LogP) is 2.64. The molecule has 0 saturated carbocycles. The summed E-state index contributed by atoms with van der Waals surface area (Å²) in [7, 11) is -0.740. The predicted molar refractivity (Wildman–Crippen MR) is 102 cm³/mol. The Balaban J connectivity index is 2.48. The summed E-state index contributed by atoms with van der Waals surface area (Å²) in [4.78, 5) is 11.9. The first kappa shape index (κ1) is 19.8. The monoisotopic (exact) mass is 376 g/mol. The zero-order chi connectivity index (χ0) is 19.3. The van der Waals surface area contributed by atoms with Crippen molar-refractivity contribution in [2.24, 2.45) is 0 Å². The maximum atomic E-state index is 13.3. The van der Waals surface area contributed by atoms with Gasteiger partial charge in [-0.2, -0.15) is 0 Å². The van der Waals surface area contributed by atoms with E-state index in [-0.39, 0.29) is 23.8 Å². The van der Waals surface area contributed by atoms with E-state index >= 15 is 0 Å². The van der Waals surface area contributed by atoms with E-state index in [1.807, 2.05) is 13.0 Å². The van der Waals surface area contributed by atoms with Crippen molar-refractivity contribution in [3.63, 3.8) is 0 Å². The molecule has 1 N–H and O–H groups in total. The van der Waals surface area contributed by atoms with Crippen LogP contribution in [0.25, 0.3) is 0 Å². The molecule has 0 bridgehead atoms. The number of amides is 1. The van der Waals surface area contributed by atoms with Crippen LogP contribution in [0.1, 0.15) is 17.5 Å². The molecule has 0 saturated heterocycles. The van der Waals surface area contributed by atoms with Crippen molar-refractivity contribution in [2.45, 2.75) is 25.2 Å². The molecule has 26 heavy (non-hydrogen) atoms. The van der Waals surface area contributed by atoms with Crippen molar-refractivity contribution >= 4 is 21.6 Å². The standard InChI is InChI=1S/C19H24N2O4S/c1-14-5-10-18(15(2)13-14)26(23,24)21(12-11-19(22)20-3)16-6-8-17(25-4)9-7-16/h5-10,13H,11-12H2,1-4H3,(H,20,22). The second-order valence-corrected chi connectivity index (χ2v) is 7.80. The molecule has 0 radical (unpaired) electrons. The van der Waals surface area contributed by atoms with Crippen molar-refractivity contribution in [1.82, 2.24) is 5.32 Å². The average Bonchev–Trinajstić information content (AvgIpc) is 2.61. The van der Waals surface area contributed by atoms with Crippen LogP contribution < -0.4 is 14.4 Å². The summed E-state index contributed by atoms with van der Waals surface area (Å²) in [5, 5.41) is 2.52. The highest BCUT2D eigenvalue weighted by molar-refractivity contribution is 7.92. The SMILES string of the molecule is CNC(=O)CCN(c1ccc(OC)cc1)S(=O)(=O)c1ccc(C)cc1C. The Morgan fingerprint density at radius 3 is 2.31 bits per heavy atom. The number of hydrogen-bond acceptors (Lipinski definition) is 4. The number of hydrogen-bond donors (Lipinski definition) is 1. The fourth-order valence-electron chi connectivity index (χ4n) is 2.67. The number of methoxy groups -OCH3 is 1. The maximum Gasteiger partial charge on any atom is 0.264 e. The number of benzene rings is 2. The van der Waals surface area contributed by atoms with Crippen molar-refractivity contribution < 1.29 is 17.9 Å². The molecular weight excluding hydrogens is 352 g/mol. The first-order chi connectivity index (χ1) is 12.3. The highest BCUT2D eigenvalue weighted by Gasteiger charge is 2.27. The number of anilines is 1. The van der Waals surface area contributed by atoms with Crippen LogP contribution in [0.3, 0.4) is 0 Å². The zero-order valence-corrected chi connectivity index (χ0v) is 16.3. The summed E-state index contributed by atoms with van der Waals surface area (Å²) >= 11 is 0. The Morgan fingerprint density at radius 1 is 1.12 bits per heavy atom. The van der Waals surface area contributed by atoms with Gasteiger partial charge in [-0.05, 0) is 49.7 Å². The van der Waals surface area contributed by atoms with Gasteiger partial charge in [0.1, 0.15) is 5.75 Å². The molecule has 0 aliphatic carbocycles. The van der Waals surface area contributed by atoms with Crippen molar-refractivity contribution in [3.8, 4) is 5.75 Å². The molecule has 0 aliphatic heterocycles. The molecule has 140 valence electrons. The first-order valence-corrected chi connectivity index (χ1v) is 9.68. The average molecular weight is 376 g/mol. The van der Waals surface area contributed by atoms with E-state index in [0.717, 1.165) is 5.56 Å². The van der Waals surface area contributed by atoms with Crippen LogP contribution in [-0.2, 0) is 14.8 Å². The van der Waals surface area contributed by atoms with Gasteiger partial charge in [0.25, 0.3) is 10.0 Å². The lowest BCUT2D eigenvalue weighted by atomic mass is 10.2. The normalized spacial score (nSPS) is 11.1. The molecule has 2 aromatic rings. The van der Waals surface area contributed by atoms with Crippen molar-refractivity contribution in [2.75, 3.05) is 25.0 Å². The minimum Gasteiger partial charge on any atom is -0.497 e. The smallest absolute Gasteiger partial charge is 0.264 e. The van der Waals surface area contributed by atoms with Gasteiger partial charge in [-0.1, -0.05) is 17.7 Å². The number of carbonyl (C=O) groups is 1. The summed E-state index contributed by atoms with van der Waals surface area (Å²) in [5.74, 6) is 0.406. The Morgan fingerprint density at radius 2 is 1.77 bits per heavy atom. The largest absolute Gasteiger partial charge is 0.497 e. The van der Waals surface area contributed by atoms with Crippen LogP contribution in [0, 0.1) is 13.8 Å². The van der Waals surface area contributed by atoms with E-state index in [2.05, 4.69) is 5.32 Å². The highest BCUT2D eigenvalue weighted by atomic mass is 32.2. The van der Waals surface area contributed by atoms with Gasteiger partial charge in [-0.3, -0.25) is 9.10 Å². The second kappa shape index (κ2) is 8.23. The molecule has 0 unspecified atom stereocenters. The molecule has 0 aliphatic rings. The molecular formula is C19H24N2O4S. The van der Waals surface area contributed by atoms with Crippen molar-refractivity contribution in [1.29, 1.82) is 0 Å². The number of nitrogens with zero attached hydrogens (tertiary/aromatic N) is 1. The molecule has 0 atom stereocenters. The second-order valence-electron chi connectivity index (χ2n) is 5.97. The number of ether oxygens (including phenoxy) is 1. The Bertz CT molecular complexity index is 877. The number of sulfonamides is 1. The lowest BCUT2D eigenvalue weighted by Crippen LogP contribution is -2.35. The van der Waals surface area contributed by atoms with Crippen LogP contribution in [0.2, 0.25) is 0 Å². The molecule has 0 fully saturated rings. The summed E-state index contributed by atoms with van der Waals surface area (Å²) in [5.41, 5.74) is 2.14. The molecule has 0 aromatic heterocycles. The van der Waals surface area contributed by atoms with Gasteiger partial charge in [0, 0.05) is 20.0 Å². The lowest BCUT2D eigenvalue weighted by molar-refractivity contribution is -0.120. The summed E-state index contributed by atoms with van der Waals surface area (Å²) in [6.07, 6.45) is 0.0622. The third-order valence-corrected chi connectivity index (χ3v) is 6.07. The fraction of sp³-hybridized carbons (Fsp3) is 0.316. The van der Waals surface area contributed by atoms with Gasteiger partial charge in [-0.25, -0.2) is 8.42 Å². The zero-order valence-electron chi connectivity index (χ0n) is 15.4. The quantitative estimate of drug-likeness (QED) is 0.806. The fourth-order valence-corrected chi connectivity index (χ4v) is 4.35. The summed E-state index contributed by atoms with van der Waals surface area (Å²) in [6.45, 7) is 3.72. The molecule has 1 amide bonds. The van der Waals surface area contributed by atoms with Crippen LogP contribution in [0.5, 0.6) is 5.75 Å².